The lowest BCUT2D eigenvalue weighted by atomic mass is 10.1. The minimum absolute atomic E-state index is 0. The highest BCUT2D eigenvalue weighted by Crippen LogP contribution is 2.12. The third-order valence-electron chi connectivity index (χ3n) is 3.21. The molecule has 0 amide bonds. The molecule has 0 radical (unpaired) electrons. The van der Waals surface area contributed by atoms with Crippen LogP contribution in [0.3, 0.4) is 0 Å². The summed E-state index contributed by atoms with van der Waals surface area (Å²) in [5.41, 5.74) is 1.68. The summed E-state index contributed by atoms with van der Waals surface area (Å²) in [6, 6.07) is 13.9. The molecule has 2 aromatic rings. The summed E-state index contributed by atoms with van der Waals surface area (Å²) in [6.07, 6.45) is 0.0846. The van der Waals surface area contributed by atoms with Crippen molar-refractivity contribution in [1.29, 1.82) is 0 Å². The van der Waals surface area contributed by atoms with Crippen LogP contribution in [0.4, 0.5) is 0 Å². The van der Waals surface area contributed by atoms with Crippen LogP contribution in [0.15, 0.2) is 59.5 Å². The van der Waals surface area contributed by atoms with Gasteiger partial charge in [0.2, 0.25) is 10.0 Å². The lowest BCUT2D eigenvalue weighted by molar-refractivity contribution is -0.138. The Morgan fingerprint density at radius 2 is 1.65 bits per heavy atom. The summed E-state index contributed by atoms with van der Waals surface area (Å²) in [5.74, 6) is -1.21. The molecule has 0 aromatic heterocycles. The van der Waals surface area contributed by atoms with Crippen LogP contribution < -0.4 is 4.72 Å². The van der Waals surface area contributed by atoms with Gasteiger partial charge in [-0.3, -0.25) is 4.79 Å². The fourth-order valence-corrected chi connectivity index (χ4v) is 3.19. The summed E-state index contributed by atoms with van der Waals surface area (Å²) in [7, 11) is -3.87. The van der Waals surface area contributed by atoms with Crippen molar-refractivity contribution in [1.82, 2.24) is 4.72 Å². The Bertz CT molecular complexity index is 745. The van der Waals surface area contributed by atoms with E-state index in [0.29, 0.717) is 0 Å². The predicted molar refractivity (Wildman–Crippen MR) is 90.3 cm³/mol. The van der Waals surface area contributed by atoms with E-state index in [0.717, 1.165) is 11.1 Å². The van der Waals surface area contributed by atoms with Crippen LogP contribution in [0, 0.1) is 6.92 Å². The topological polar surface area (TPSA) is 83.5 Å². The highest BCUT2D eigenvalue weighted by Gasteiger charge is 2.25. The van der Waals surface area contributed by atoms with Crippen LogP contribution in [0.2, 0.25) is 0 Å². The maximum absolute atomic E-state index is 12.3. The van der Waals surface area contributed by atoms with Crippen molar-refractivity contribution in [2.45, 2.75) is 24.3 Å². The van der Waals surface area contributed by atoms with Crippen molar-refractivity contribution in [2.24, 2.45) is 0 Å². The molecule has 124 valence electrons. The molecule has 2 aromatic carbocycles. The van der Waals surface area contributed by atoms with Crippen molar-refractivity contribution < 1.29 is 18.3 Å². The van der Waals surface area contributed by atoms with Crippen LogP contribution in [-0.4, -0.2) is 25.5 Å². The second kappa shape index (κ2) is 8.10. The van der Waals surface area contributed by atoms with Gasteiger partial charge in [-0.05, 0) is 31.0 Å². The number of hydrogen-bond acceptors (Lipinski definition) is 3. The Labute approximate surface area is 141 Å². The van der Waals surface area contributed by atoms with E-state index < -0.39 is 22.0 Å². The van der Waals surface area contributed by atoms with E-state index in [1.165, 1.54) is 12.1 Å². The number of carboxylic acid groups (broad SMARTS) is 1. The first kappa shape index (κ1) is 19.2. The van der Waals surface area contributed by atoms with Crippen molar-refractivity contribution in [2.75, 3.05) is 0 Å². The average molecular weight is 356 g/mol. The van der Waals surface area contributed by atoms with Gasteiger partial charge in [0.05, 0.1) is 4.90 Å². The molecular weight excluding hydrogens is 338 g/mol. The molecule has 0 aliphatic rings. The zero-order chi connectivity index (χ0) is 16.2. The molecule has 0 aliphatic heterocycles. The van der Waals surface area contributed by atoms with Gasteiger partial charge in [-0.2, -0.15) is 4.72 Å². The Morgan fingerprint density at radius 1 is 1.09 bits per heavy atom. The molecule has 2 rings (SSSR count). The van der Waals surface area contributed by atoms with E-state index in [1.54, 1.807) is 36.4 Å². The van der Waals surface area contributed by atoms with Gasteiger partial charge in [0.1, 0.15) is 6.04 Å². The molecule has 2 N–H and O–H groups in total. The van der Waals surface area contributed by atoms with Crippen LogP contribution in [0.1, 0.15) is 11.1 Å². The van der Waals surface area contributed by atoms with Gasteiger partial charge in [-0.25, -0.2) is 8.42 Å². The van der Waals surface area contributed by atoms with Crippen LogP contribution >= 0.6 is 12.4 Å². The van der Waals surface area contributed by atoms with Crippen molar-refractivity contribution in [3.05, 3.63) is 65.7 Å². The fraction of sp³-hybridized carbons (Fsp3) is 0.188. The minimum atomic E-state index is -3.87. The second-order valence-corrected chi connectivity index (χ2v) is 6.73. The lowest BCUT2D eigenvalue weighted by Gasteiger charge is -2.15. The summed E-state index contributed by atoms with van der Waals surface area (Å²) in [5, 5.41) is 9.26. The van der Waals surface area contributed by atoms with Crippen molar-refractivity contribution in [3.8, 4) is 0 Å². The number of nitrogens with one attached hydrogen (secondary N) is 1. The average Bonchev–Trinajstić information content (AvgIpc) is 2.48. The molecule has 0 fully saturated rings. The molecule has 0 saturated heterocycles. The Morgan fingerprint density at radius 3 is 2.17 bits per heavy atom. The number of benzene rings is 2. The monoisotopic (exact) mass is 355 g/mol. The van der Waals surface area contributed by atoms with E-state index in [4.69, 9.17) is 0 Å². The molecule has 0 spiro atoms. The molecule has 0 aliphatic carbocycles. The third-order valence-corrected chi connectivity index (χ3v) is 4.70. The molecule has 23 heavy (non-hydrogen) atoms. The number of rotatable bonds is 6. The number of aliphatic carboxylic acids is 1. The zero-order valence-corrected chi connectivity index (χ0v) is 14.1. The van der Waals surface area contributed by atoms with E-state index in [2.05, 4.69) is 4.72 Å². The molecule has 1 atom stereocenters. The van der Waals surface area contributed by atoms with Gasteiger partial charge in [0.25, 0.3) is 0 Å². The molecule has 7 heteroatoms. The van der Waals surface area contributed by atoms with Crippen molar-refractivity contribution >= 4 is 28.4 Å². The van der Waals surface area contributed by atoms with Gasteiger partial charge in [0.15, 0.2) is 0 Å². The first-order valence-corrected chi connectivity index (χ1v) is 8.22. The Balaban J connectivity index is 0.00000264. The first-order valence-electron chi connectivity index (χ1n) is 6.74. The maximum Gasteiger partial charge on any atom is 0.322 e. The Kier molecular flexibility index (Phi) is 6.75. The predicted octanol–water partition coefficient (Wildman–Crippen LogP) is 2.39. The van der Waals surface area contributed by atoms with Gasteiger partial charge in [0, 0.05) is 0 Å². The van der Waals surface area contributed by atoms with E-state index in [9.17, 15) is 18.3 Å². The third kappa shape index (κ3) is 5.35. The molecule has 1 unspecified atom stereocenters. The van der Waals surface area contributed by atoms with Gasteiger partial charge in [-0.15, -0.1) is 12.4 Å². The molecule has 5 nitrogen and oxygen atoms in total. The highest BCUT2D eigenvalue weighted by atomic mass is 35.5. The number of carboxylic acids is 1. The van der Waals surface area contributed by atoms with E-state index in [-0.39, 0.29) is 23.7 Å². The van der Waals surface area contributed by atoms with Crippen LogP contribution in [-0.2, 0) is 21.2 Å². The zero-order valence-electron chi connectivity index (χ0n) is 12.5. The lowest BCUT2D eigenvalue weighted by Crippen LogP contribution is -2.42. The first-order chi connectivity index (χ1) is 10.4. The number of sulfonamides is 1. The summed E-state index contributed by atoms with van der Waals surface area (Å²) in [4.78, 5) is 11.4. The molecule has 0 bridgehead atoms. The largest absolute Gasteiger partial charge is 0.480 e. The highest BCUT2D eigenvalue weighted by molar-refractivity contribution is 7.89. The number of aryl methyl sites for hydroxylation is 1. The fourth-order valence-electron chi connectivity index (χ4n) is 2.00. The van der Waals surface area contributed by atoms with Gasteiger partial charge < -0.3 is 5.11 Å². The second-order valence-electron chi connectivity index (χ2n) is 5.01. The quantitative estimate of drug-likeness (QED) is 0.833. The standard InChI is InChI=1S/C16H17NO4S.ClH/c1-12-7-9-14(10-8-12)22(20,21)17-15(16(18)19)11-13-5-3-2-4-6-13;/h2-10,15,17H,11H2,1H3,(H,18,19);1H. The Hall–Kier alpha value is -1.89. The number of carbonyl (C=O) groups is 1. The van der Waals surface area contributed by atoms with Crippen LogP contribution in [0.5, 0.6) is 0 Å². The number of hydrogen-bond donors (Lipinski definition) is 2. The van der Waals surface area contributed by atoms with Crippen LogP contribution in [0.25, 0.3) is 0 Å². The van der Waals surface area contributed by atoms with Gasteiger partial charge >= 0.3 is 5.97 Å². The smallest absolute Gasteiger partial charge is 0.322 e. The molecular formula is C16H18ClNO4S. The summed E-state index contributed by atoms with van der Waals surface area (Å²) in [6.45, 7) is 1.85. The minimum Gasteiger partial charge on any atom is -0.480 e. The summed E-state index contributed by atoms with van der Waals surface area (Å²) < 4.78 is 26.8. The maximum atomic E-state index is 12.3. The molecule has 0 saturated carbocycles. The normalized spacial score (nSPS) is 12.2. The summed E-state index contributed by atoms with van der Waals surface area (Å²) >= 11 is 0. The van der Waals surface area contributed by atoms with E-state index in [1.807, 2.05) is 13.0 Å². The molecule has 0 heterocycles. The SMILES string of the molecule is Cc1ccc(S(=O)(=O)NC(Cc2ccccc2)C(=O)O)cc1.Cl. The van der Waals surface area contributed by atoms with Gasteiger partial charge in [-0.1, -0.05) is 48.0 Å². The van der Waals surface area contributed by atoms with Crippen molar-refractivity contribution in [3.63, 3.8) is 0 Å². The number of halogens is 1. The van der Waals surface area contributed by atoms with E-state index >= 15 is 0 Å².